The highest BCUT2D eigenvalue weighted by Crippen LogP contribution is 2.33. The zero-order valence-corrected chi connectivity index (χ0v) is 10.5. The Kier molecular flexibility index (Phi) is 3.76. The lowest BCUT2D eigenvalue weighted by Gasteiger charge is -2.21. The van der Waals surface area contributed by atoms with E-state index in [0.29, 0.717) is 31.1 Å². The van der Waals surface area contributed by atoms with Crippen LogP contribution in [0.3, 0.4) is 0 Å². The van der Waals surface area contributed by atoms with E-state index < -0.39 is 11.9 Å². The maximum Gasteiger partial charge on any atom is 0.307 e. The van der Waals surface area contributed by atoms with Gasteiger partial charge in [0, 0.05) is 0 Å². The van der Waals surface area contributed by atoms with E-state index in [1.807, 2.05) is 31.1 Å². The molecule has 2 unspecified atom stereocenters. The number of rotatable bonds is 4. The molecule has 6 nitrogen and oxygen atoms in total. The summed E-state index contributed by atoms with van der Waals surface area (Å²) in [6.07, 6.45) is 5.03. The number of carboxylic acid groups (broad SMARTS) is 1. The molecule has 2 atom stereocenters. The molecule has 6 heteroatoms. The zero-order valence-electron chi connectivity index (χ0n) is 10.5. The van der Waals surface area contributed by atoms with Gasteiger partial charge in [0.25, 0.3) is 0 Å². The second-order valence-corrected chi connectivity index (χ2v) is 4.78. The minimum Gasteiger partial charge on any atom is -0.481 e. The average molecular weight is 251 g/mol. The van der Waals surface area contributed by atoms with Crippen molar-refractivity contribution in [3.05, 3.63) is 23.9 Å². The summed E-state index contributed by atoms with van der Waals surface area (Å²) in [4.78, 5) is 17.4. The Balaban J connectivity index is 2.16. The second-order valence-electron chi connectivity index (χ2n) is 4.78. The first kappa shape index (κ1) is 12.8. The Bertz CT molecular complexity index is 453. The molecule has 0 bridgehead atoms. The van der Waals surface area contributed by atoms with Gasteiger partial charge >= 0.3 is 5.97 Å². The molecule has 0 aromatic carbocycles. The van der Waals surface area contributed by atoms with Crippen LogP contribution in [0.1, 0.15) is 30.5 Å². The van der Waals surface area contributed by atoms with Gasteiger partial charge in [-0.15, -0.1) is 0 Å². The molecule has 1 aromatic rings. The molecule has 1 aromatic heterocycles. The monoisotopic (exact) mass is 251 g/mol. The SMILES string of the molecule is CN(C)Cc1noc(C2CC=CCC2C(=O)O)n1. The quantitative estimate of drug-likeness (QED) is 0.812. The van der Waals surface area contributed by atoms with Gasteiger partial charge in [-0.2, -0.15) is 4.98 Å². The van der Waals surface area contributed by atoms with Crippen LogP contribution in [-0.2, 0) is 11.3 Å². The van der Waals surface area contributed by atoms with E-state index >= 15 is 0 Å². The third-order valence-electron chi connectivity index (χ3n) is 3.01. The number of aliphatic carboxylic acids is 1. The summed E-state index contributed by atoms with van der Waals surface area (Å²) in [6, 6.07) is 0. The van der Waals surface area contributed by atoms with Crippen LogP contribution in [0.25, 0.3) is 0 Å². The van der Waals surface area contributed by atoms with Gasteiger partial charge in [0.05, 0.1) is 18.4 Å². The first-order valence-electron chi connectivity index (χ1n) is 5.93. The molecule has 0 saturated carbocycles. The van der Waals surface area contributed by atoms with E-state index in [9.17, 15) is 9.90 Å². The predicted octanol–water partition coefficient (Wildman–Crippen LogP) is 1.27. The normalized spacial score (nSPS) is 23.5. The second kappa shape index (κ2) is 5.30. The lowest BCUT2D eigenvalue weighted by atomic mass is 9.83. The first-order valence-corrected chi connectivity index (χ1v) is 5.93. The van der Waals surface area contributed by atoms with Crippen LogP contribution >= 0.6 is 0 Å². The maximum atomic E-state index is 11.2. The highest BCUT2D eigenvalue weighted by Gasteiger charge is 2.33. The van der Waals surface area contributed by atoms with Gasteiger partial charge in [-0.25, -0.2) is 0 Å². The molecule has 0 spiro atoms. The molecule has 0 saturated heterocycles. The fourth-order valence-electron chi connectivity index (χ4n) is 2.13. The highest BCUT2D eigenvalue weighted by molar-refractivity contribution is 5.71. The topological polar surface area (TPSA) is 79.5 Å². The van der Waals surface area contributed by atoms with Crippen LogP contribution in [0, 0.1) is 5.92 Å². The summed E-state index contributed by atoms with van der Waals surface area (Å²) in [5.74, 6) is -0.465. The van der Waals surface area contributed by atoms with Gasteiger partial charge in [-0.1, -0.05) is 17.3 Å². The molecular formula is C12H17N3O3. The van der Waals surface area contributed by atoms with Gasteiger partial charge in [0.1, 0.15) is 0 Å². The third-order valence-corrected chi connectivity index (χ3v) is 3.01. The number of carbonyl (C=O) groups is 1. The van der Waals surface area contributed by atoms with E-state index in [-0.39, 0.29) is 5.92 Å². The van der Waals surface area contributed by atoms with Crippen LogP contribution in [0.5, 0.6) is 0 Å². The lowest BCUT2D eigenvalue weighted by Crippen LogP contribution is -2.23. The van der Waals surface area contributed by atoms with Crippen LogP contribution < -0.4 is 0 Å². The van der Waals surface area contributed by atoms with E-state index in [1.54, 1.807) is 0 Å². The van der Waals surface area contributed by atoms with Gasteiger partial charge in [0.15, 0.2) is 5.82 Å². The molecule has 0 fully saturated rings. The van der Waals surface area contributed by atoms with E-state index in [2.05, 4.69) is 10.1 Å². The fraction of sp³-hybridized carbons (Fsp3) is 0.583. The molecule has 1 aliphatic rings. The van der Waals surface area contributed by atoms with Crippen molar-refractivity contribution in [3.63, 3.8) is 0 Å². The summed E-state index contributed by atoms with van der Waals surface area (Å²) < 4.78 is 5.20. The minimum atomic E-state index is -0.809. The maximum absolute atomic E-state index is 11.2. The molecule has 0 radical (unpaired) electrons. The number of hydrogen-bond donors (Lipinski definition) is 1. The third kappa shape index (κ3) is 2.76. The van der Waals surface area contributed by atoms with Crippen molar-refractivity contribution >= 4 is 5.97 Å². The van der Waals surface area contributed by atoms with Crippen molar-refractivity contribution in [2.24, 2.45) is 5.92 Å². The Morgan fingerprint density at radius 2 is 2.22 bits per heavy atom. The van der Waals surface area contributed by atoms with Crippen LogP contribution in [0.4, 0.5) is 0 Å². The molecule has 98 valence electrons. The Morgan fingerprint density at radius 1 is 1.50 bits per heavy atom. The molecule has 1 N–H and O–H groups in total. The van der Waals surface area contributed by atoms with Gasteiger partial charge in [-0.05, 0) is 26.9 Å². The van der Waals surface area contributed by atoms with E-state index in [1.165, 1.54) is 0 Å². The fourth-order valence-corrected chi connectivity index (χ4v) is 2.13. The largest absolute Gasteiger partial charge is 0.481 e. The molecule has 0 aliphatic heterocycles. The molecule has 2 rings (SSSR count). The lowest BCUT2D eigenvalue weighted by molar-refractivity contribution is -0.142. The summed E-state index contributed by atoms with van der Waals surface area (Å²) in [5.41, 5.74) is 0. The number of carboxylic acids is 1. The van der Waals surface area contributed by atoms with Crippen molar-refractivity contribution in [3.8, 4) is 0 Å². The Labute approximate surface area is 105 Å². The van der Waals surface area contributed by atoms with E-state index in [0.717, 1.165) is 0 Å². The predicted molar refractivity (Wildman–Crippen MR) is 63.9 cm³/mol. The van der Waals surface area contributed by atoms with Gasteiger partial charge in [-0.3, -0.25) is 4.79 Å². The van der Waals surface area contributed by atoms with Crippen molar-refractivity contribution in [1.29, 1.82) is 0 Å². The van der Waals surface area contributed by atoms with Gasteiger partial charge in [0.2, 0.25) is 5.89 Å². The van der Waals surface area contributed by atoms with Crippen molar-refractivity contribution in [2.75, 3.05) is 14.1 Å². The summed E-state index contributed by atoms with van der Waals surface area (Å²) in [6.45, 7) is 0.587. The summed E-state index contributed by atoms with van der Waals surface area (Å²) >= 11 is 0. The number of nitrogens with zero attached hydrogens (tertiary/aromatic N) is 3. The van der Waals surface area contributed by atoms with Crippen molar-refractivity contribution in [2.45, 2.75) is 25.3 Å². The number of aromatic nitrogens is 2. The minimum absolute atomic E-state index is 0.212. The molecule has 1 heterocycles. The van der Waals surface area contributed by atoms with Crippen LogP contribution in [0.15, 0.2) is 16.7 Å². The molecule has 1 aliphatic carbocycles. The van der Waals surface area contributed by atoms with Crippen LogP contribution in [0.2, 0.25) is 0 Å². The van der Waals surface area contributed by atoms with Gasteiger partial charge < -0.3 is 14.5 Å². The summed E-state index contributed by atoms with van der Waals surface area (Å²) in [7, 11) is 3.83. The Morgan fingerprint density at radius 3 is 2.89 bits per heavy atom. The smallest absolute Gasteiger partial charge is 0.307 e. The standard InChI is InChI=1S/C12H17N3O3/c1-15(2)7-10-13-11(18-14-10)8-5-3-4-6-9(8)12(16)17/h3-4,8-9H,5-7H2,1-2H3,(H,16,17). The van der Waals surface area contributed by atoms with Crippen molar-refractivity contribution in [1.82, 2.24) is 15.0 Å². The zero-order chi connectivity index (χ0) is 13.1. The highest BCUT2D eigenvalue weighted by atomic mass is 16.5. The first-order chi connectivity index (χ1) is 8.58. The summed E-state index contributed by atoms with van der Waals surface area (Å²) in [5, 5.41) is 13.1. The molecular weight excluding hydrogens is 234 g/mol. The van der Waals surface area contributed by atoms with Crippen molar-refractivity contribution < 1.29 is 14.4 Å². The molecule has 0 amide bonds. The Hall–Kier alpha value is -1.69. The van der Waals surface area contributed by atoms with E-state index in [4.69, 9.17) is 4.52 Å². The van der Waals surface area contributed by atoms with Crippen LogP contribution in [-0.4, -0.2) is 40.2 Å². The molecule has 18 heavy (non-hydrogen) atoms. The number of allylic oxidation sites excluding steroid dienone is 2. The number of hydrogen-bond acceptors (Lipinski definition) is 5. The average Bonchev–Trinajstić information content (AvgIpc) is 2.76.